The molecule has 2 unspecified atom stereocenters. The molecule has 0 spiro atoms. The van der Waals surface area contributed by atoms with Gasteiger partial charge >= 0.3 is 0 Å². The highest BCUT2D eigenvalue weighted by Gasteiger charge is 2.30. The molecule has 1 aromatic heterocycles. The lowest BCUT2D eigenvalue weighted by molar-refractivity contribution is 0.0881. The van der Waals surface area contributed by atoms with Crippen LogP contribution in [0.5, 0.6) is 0 Å². The third kappa shape index (κ3) is 5.10. The van der Waals surface area contributed by atoms with Crippen LogP contribution in [-0.2, 0) is 6.61 Å². The number of carbonyl (C=O) groups is 1. The smallest absolute Gasteiger partial charge is 0.273 e. The molecular formula is C16H29N3O3. The molecule has 22 heavy (non-hydrogen) atoms. The van der Waals surface area contributed by atoms with Crippen molar-refractivity contribution in [3.05, 3.63) is 17.5 Å². The molecule has 0 aromatic carbocycles. The summed E-state index contributed by atoms with van der Waals surface area (Å²) in [6, 6.07) is 1.46. The molecule has 1 heterocycles. The summed E-state index contributed by atoms with van der Waals surface area (Å²) in [4.78, 5) is 12.2. The van der Waals surface area contributed by atoms with Crippen LogP contribution in [0.3, 0.4) is 0 Å². The van der Waals surface area contributed by atoms with Crippen LogP contribution in [0.15, 0.2) is 10.6 Å². The van der Waals surface area contributed by atoms with E-state index >= 15 is 0 Å². The Morgan fingerprint density at radius 3 is 2.77 bits per heavy atom. The first kappa shape index (κ1) is 18.6. The van der Waals surface area contributed by atoms with Crippen molar-refractivity contribution in [3.8, 4) is 0 Å². The number of amides is 1. The minimum atomic E-state index is -0.274. The van der Waals surface area contributed by atoms with Gasteiger partial charge in [-0.15, -0.1) is 0 Å². The standard InChI is InChI=1S/C16H29N3O3/c1-5-7-8-17-11-16(4,6-2)12(3)18-15(21)14-9-13(10-20)22-19-14/h9,12,17,20H,5-8,10-11H2,1-4H3,(H,18,21). The van der Waals surface area contributed by atoms with Gasteiger partial charge in [-0.2, -0.15) is 0 Å². The molecule has 0 saturated carbocycles. The summed E-state index contributed by atoms with van der Waals surface area (Å²) >= 11 is 0. The van der Waals surface area contributed by atoms with Crippen molar-refractivity contribution < 1.29 is 14.4 Å². The van der Waals surface area contributed by atoms with E-state index in [9.17, 15) is 4.79 Å². The molecule has 3 N–H and O–H groups in total. The number of nitrogens with zero attached hydrogens (tertiary/aromatic N) is 1. The Hall–Kier alpha value is -1.40. The van der Waals surface area contributed by atoms with Gasteiger partial charge in [0.25, 0.3) is 5.91 Å². The maximum Gasteiger partial charge on any atom is 0.273 e. The molecule has 0 bridgehead atoms. The third-order valence-electron chi connectivity index (χ3n) is 4.38. The van der Waals surface area contributed by atoms with Gasteiger partial charge in [-0.05, 0) is 31.7 Å². The maximum atomic E-state index is 12.2. The largest absolute Gasteiger partial charge is 0.388 e. The number of aliphatic hydroxyl groups excluding tert-OH is 1. The maximum absolute atomic E-state index is 12.2. The van der Waals surface area contributed by atoms with Gasteiger partial charge in [0, 0.05) is 18.7 Å². The van der Waals surface area contributed by atoms with Crippen LogP contribution in [0.25, 0.3) is 0 Å². The molecule has 1 aromatic rings. The number of rotatable bonds is 10. The lowest BCUT2D eigenvalue weighted by atomic mass is 9.80. The summed E-state index contributed by atoms with van der Waals surface area (Å²) in [6.45, 7) is 10.1. The van der Waals surface area contributed by atoms with Gasteiger partial charge in [-0.25, -0.2) is 0 Å². The highest BCUT2D eigenvalue weighted by Crippen LogP contribution is 2.25. The van der Waals surface area contributed by atoms with Gasteiger partial charge in [0.2, 0.25) is 0 Å². The first-order chi connectivity index (χ1) is 10.5. The summed E-state index contributed by atoms with van der Waals surface area (Å²) in [5, 5.41) is 19.1. The molecule has 1 rings (SSSR count). The topological polar surface area (TPSA) is 87.4 Å². The van der Waals surface area contributed by atoms with E-state index in [1.807, 2.05) is 6.92 Å². The fraction of sp³-hybridized carbons (Fsp3) is 0.750. The van der Waals surface area contributed by atoms with Crippen molar-refractivity contribution in [1.29, 1.82) is 0 Å². The molecule has 0 radical (unpaired) electrons. The zero-order valence-corrected chi connectivity index (χ0v) is 14.1. The first-order valence-corrected chi connectivity index (χ1v) is 8.04. The fourth-order valence-corrected chi connectivity index (χ4v) is 2.20. The van der Waals surface area contributed by atoms with Crippen molar-refractivity contribution in [3.63, 3.8) is 0 Å². The van der Waals surface area contributed by atoms with Crippen LogP contribution in [0.2, 0.25) is 0 Å². The van der Waals surface area contributed by atoms with Crippen LogP contribution in [-0.4, -0.2) is 35.3 Å². The lowest BCUT2D eigenvalue weighted by Gasteiger charge is -2.35. The second kappa shape index (κ2) is 8.90. The normalized spacial score (nSPS) is 15.3. The van der Waals surface area contributed by atoms with Crippen LogP contribution < -0.4 is 10.6 Å². The highest BCUT2D eigenvalue weighted by molar-refractivity contribution is 5.92. The van der Waals surface area contributed by atoms with Crippen molar-refractivity contribution in [2.24, 2.45) is 5.41 Å². The van der Waals surface area contributed by atoms with E-state index < -0.39 is 0 Å². The van der Waals surface area contributed by atoms with Gasteiger partial charge in [0.15, 0.2) is 11.5 Å². The van der Waals surface area contributed by atoms with E-state index in [0.717, 1.165) is 25.9 Å². The summed E-state index contributed by atoms with van der Waals surface area (Å²) in [7, 11) is 0. The van der Waals surface area contributed by atoms with Crippen LogP contribution in [0.4, 0.5) is 0 Å². The molecule has 2 atom stereocenters. The second-order valence-electron chi connectivity index (χ2n) is 6.07. The summed E-state index contributed by atoms with van der Waals surface area (Å²) < 4.78 is 4.85. The molecule has 0 aliphatic heterocycles. The molecule has 0 aliphatic carbocycles. The van der Waals surface area contributed by atoms with Gasteiger partial charge in [0.1, 0.15) is 6.61 Å². The molecule has 6 nitrogen and oxygen atoms in total. The fourth-order valence-electron chi connectivity index (χ4n) is 2.20. The Balaban J connectivity index is 2.58. The Bertz CT molecular complexity index is 461. The van der Waals surface area contributed by atoms with Gasteiger partial charge in [-0.3, -0.25) is 4.79 Å². The van der Waals surface area contributed by atoms with E-state index in [0.29, 0.717) is 0 Å². The number of aromatic nitrogens is 1. The molecule has 1 amide bonds. The average Bonchev–Trinajstić information content (AvgIpc) is 3.00. The van der Waals surface area contributed by atoms with Crippen LogP contribution >= 0.6 is 0 Å². The van der Waals surface area contributed by atoms with Crippen LogP contribution in [0.1, 0.15) is 63.2 Å². The monoisotopic (exact) mass is 311 g/mol. The lowest BCUT2D eigenvalue weighted by Crippen LogP contribution is -2.49. The SMILES string of the molecule is CCCCNCC(C)(CC)C(C)NC(=O)c1cc(CO)on1. The summed E-state index contributed by atoms with van der Waals surface area (Å²) in [5.74, 6) is 0.0153. The predicted molar refractivity (Wildman–Crippen MR) is 85.5 cm³/mol. The Kier molecular flexibility index (Phi) is 7.55. The zero-order valence-electron chi connectivity index (χ0n) is 14.1. The van der Waals surface area contributed by atoms with Crippen molar-refractivity contribution in [2.75, 3.05) is 13.1 Å². The van der Waals surface area contributed by atoms with Crippen LogP contribution in [0, 0.1) is 5.41 Å². The Morgan fingerprint density at radius 1 is 1.50 bits per heavy atom. The molecule has 0 saturated heterocycles. The first-order valence-electron chi connectivity index (χ1n) is 8.04. The Labute approximate surface area is 132 Å². The van der Waals surface area contributed by atoms with E-state index in [2.05, 4.69) is 36.6 Å². The Morgan fingerprint density at radius 2 is 2.23 bits per heavy atom. The number of unbranched alkanes of at least 4 members (excludes halogenated alkanes) is 1. The highest BCUT2D eigenvalue weighted by atomic mass is 16.5. The molecule has 0 aliphatic rings. The minimum Gasteiger partial charge on any atom is -0.388 e. The van der Waals surface area contributed by atoms with E-state index in [4.69, 9.17) is 9.63 Å². The summed E-state index contributed by atoms with van der Waals surface area (Å²) in [5.41, 5.74) is 0.167. The number of nitrogens with one attached hydrogen (secondary N) is 2. The number of carbonyl (C=O) groups excluding carboxylic acids is 1. The molecular weight excluding hydrogens is 282 g/mol. The van der Waals surface area contributed by atoms with Crippen molar-refractivity contribution in [2.45, 2.75) is 59.6 Å². The van der Waals surface area contributed by atoms with Crippen molar-refractivity contribution >= 4 is 5.91 Å². The third-order valence-corrected chi connectivity index (χ3v) is 4.38. The van der Waals surface area contributed by atoms with E-state index in [1.165, 1.54) is 12.5 Å². The van der Waals surface area contributed by atoms with E-state index in [-0.39, 0.29) is 35.4 Å². The van der Waals surface area contributed by atoms with E-state index in [1.54, 1.807) is 0 Å². The molecule has 6 heteroatoms. The molecule has 0 fully saturated rings. The van der Waals surface area contributed by atoms with Gasteiger partial charge < -0.3 is 20.3 Å². The number of hydrogen-bond acceptors (Lipinski definition) is 5. The quantitative estimate of drug-likeness (QED) is 0.576. The minimum absolute atomic E-state index is 0.00611. The number of aliphatic hydroxyl groups is 1. The molecule has 126 valence electrons. The van der Waals surface area contributed by atoms with Crippen molar-refractivity contribution in [1.82, 2.24) is 15.8 Å². The van der Waals surface area contributed by atoms with Gasteiger partial charge in [-0.1, -0.05) is 32.3 Å². The summed E-state index contributed by atoms with van der Waals surface area (Å²) in [6.07, 6.45) is 3.28. The van der Waals surface area contributed by atoms with Gasteiger partial charge in [0.05, 0.1) is 0 Å². The second-order valence-corrected chi connectivity index (χ2v) is 6.07. The number of hydrogen-bond donors (Lipinski definition) is 3. The average molecular weight is 311 g/mol. The zero-order chi connectivity index (χ0) is 16.6. The predicted octanol–water partition coefficient (Wildman–Crippen LogP) is 2.09.